The van der Waals surface area contributed by atoms with Crippen molar-refractivity contribution in [2.24, 2.45) is 0 Å². The van der Waals surface area contributed by atoms with Crippen LogP contribution in [0.4, 0.5) is 0 Å². The van der Waals surface area contributed by atoms with Gasteiger partial charge in [-0.25, -0.2) is 0 Å². The van der Waals surface area contributed by atoms with Gasteiger partial charge in [-0.05, 0) is 12.1 Å². The van der Waals surface area contributed by atoms with Crippen LogP contribution in [-0.2, 0) is 4.79 Å². The zero-order valence-corrected chi connectivity index (χ0v) is 11.4. The molecule has 1 rings (SSSR count). The Balaban J connectivity index is 2.49. The molecule has 0 aromatic heterocycles. The maximum atomic E-state index is 11.8. The Morgan fingerprint density at radius 1 is 1.50 bits per heavy atom. The third-order valence-corrected chi connectivity index (χ3v) is 3.44. The van der Waals surface area contributed by atoms with E-state index in [9.17, 15) is 4.79 Å². The summed E-state index contributed by atoms with van der Waals surface area (Å²) >= 11 is 1.44. The number of amides is 1. The van der Waals surface area contributed by atoms with Crippen LogP contribution in [0, 0.1) is 11.3 Å². The van der Waals surface area contributed by atoms with E-state index in [-0.39, 0.29) is 5.91 Å². The number of para-hydroxylation sites is 1. The van der Waals surface area contributed by atoms with E-state index in [0.29, 0.717) is 18.7 Å². The number of benzene rings is 1. The molecule has 0 saturated heterocycles. The molecule has 0 N–H and O–H groups in total. The molecule has 0 heterocycles. The van der Waals surface area contributed by atoms with Gasteiger partial charge in [-0.3, -0.25) is 4.79 Å². The van der Waals surface area contributed by atoms with Crippen LogP contribution >= 0.6 is 11.8 Å². The normalized spacial score (nSPS) is 9.61. The van der Waals surface area contributed by atoms with Gasteiger partial charge in [-0.15, -0.1) is 11.8 Å². The molecular formula is C13H16N2O2S. The summed E-state index contributed by atoms with van der Waals surface area (Å²) < 4.78 is 5.21. The number of hydrogen-bond donors (Lipinski definition) is 0. The van der Waals surface area contributed by atoms with Crippen molar-refractivity contribution < 1.29 is 9.53 Å². The van der Waals surface area contributed by atoms with E-state index in [1.807, 2.05) is 30.3 Å². The van der Waals surface area contributed by atoms with E-state index in [2.05, 4.69) is 0 Å². The molecule has 0 spiro atoms. The molecule has 1 aromatic carbocycles. The first-order valence-corrected chi connectivity index (χ1v) is 6.54. The van der Waals surface area contributed by atoms with Crippen LogP contribution in [0.15, 0.2) is 29.2 Å². The van der Waals surface area contributed by atoms with Crippen molar-refractivity contribution in [3.8, 4) is 11.8 Å². The zero-order chi connectivity index (χ0) is 13.4. The minimum atomic E-state index is 0.0150. The number of carbonyl (C=O) groups is 1. The number of methoxy groups -OCH3 is 1. The molecule has 0 aliphatic heterocycles. The monoisotopic (exact) mass is 264 g/mol. The van der Waals surface area contributed by atoms with Crippen LogP contribution in [0.2, 0.25) is 0 Å². The second-order valence-electron chi connectivity index (χ2n) is 3.66. The Labute approximate surface area is 112 Å². The van der Waals surface area contributed by atoms with E-state index in [1.165, 1.54) is 11.8 Å². The highest BCUT2D eigenvalue weighted by molar-refractivity contribution is 8.00. The van der Waals surface area contributed by atoms with E-state index in [4.69, 9.17) is 10.00 Å². The smallest absolute Gasteiger partial charge is 0.232 e. The topological polar surface area (TPSA) is 53.3 Å². The lowest BCUT2D eigenvalue weighted by Crippen LogP contribution is -2.29. The van der Waals surface area contributed by atoms with Gasteiger partial charge in [0.1, 0.15) is 5.75 Å². The van der Waals surface area contributed by atoms with Gasteiger partial charge in [0.25, 0.3) is 0 Å². The fourth-order valence-corrected chi connectivity index (χ4v) is 2.30. The number of nitrogens with zero attached hydrogens (tertiary/aromatic N) is 2. The van der Waals surface area contributed by atoms with Crippen molar-refractivity contribution in [3.63, 3.8) is 0 Å². The van der Waals surface area contributed by atoms with Crippen molar-refractivity contribution in [1.29, 1.82) is 5.26 Å². The Hall–Kier alpha value is -1.67. The van der Waals surface area contributed by atoms with E-state index in [0.717, 1.165) is 10.6 Å². The molecule has 4 nitrogen and oxygen atoms in total. The Morgan fingerprint density at radius 3 is 2.89 bits per heavy atom. The molecule has 0 unspecified atom stereocenters. The fourth-order valence-electron chi connectivity index (χ4n) is 1.33. The van der Waals surface area contributed by atoms with Gasteiger partial charge in [-0.1, -0.05) is 12.1 Å². The first-order chi connectivity index (χ1) is 8.69. The van der Waals surface area contributed by atoms with Gasteiger partial charge >= 0.3 is 0 Å². The van der Waals surface area contributed by atoms with Gasteiger partial charge in [-0.2, -0.15) is 5.26 Å². The van der Waals surface area contributed by atoms with E-state index in [1.54, 1.807) is 19.1 Å². The van der Waals surface area contributed by atoms with Gasteiger partial charge in [0.2, 0.25) is 5.91 Å². The SMILES string of the molecule is COc1ccccc1SCC(=O)N(C)CCC#N. The highest BCUT2D eigenvalue weighted by Crippen LogP contribution is 2.28. The molecular weight excluding hydrogens is 248 g/mol. The second kappa shape index (κ2) is 7.62. The minimum Gasteiger partial charge on any atom is -0.496 e. The maximum Gasteiger partial charge on any atom is 0.232 e. The summed E-state index contributed by atoms with van der Waals surface area (Å²) in [4.78, 5) is 14.3. The molecule has 0 fully saturated rings. The highest BCUT2D eigenvalue weighted by Gasteiger charge is 2.10. The molecule has 0 bridgehead atoms. The summed E-state index contributed by atoms with van der Waals surface area (Å²) in [7, 11) is 3.32. The molecule has 0 radical (unpaired) electrons. The largest absolute Gasteiger partial charge is 0.496 e. The van der Waals surface area contributed by atoms with Crippen LogP contribution in [0.1, 0.15) is 6.42 Å². The molecule has 0 saturated carbocycles. The zero-order valence-electron chi connectivity index (χ0n) is 10.5. The summed E-state index contributed by atoms with van der Waals surface area (Å²) in [5, 5.41) is 8.46. The molecule has 5 heteroatoms. The Kier molecular flexibility index (Phi) is 6.09. The van der Waals surface area contributed by atoms with Crippen molar-refractivity contribution in [2.45, 2.75) is 11.3 Å². The first-order valence-electron chi connectivity index (χ1n) is 5.55. The number of ether oxygens (including phenoxy) is 1. The van der Waals surface area contributed by atoms with Crippen molar-refractivity contribution in [3.05, 3.63) is 24.3 Å². The summed E-state index contributed by atoms with van der Waals surface area (Å²) in [5.74, 6) is 1.14. The van der Waals surface area contributed by atoms with E-state index >= 15 is 0 Å². The molecule has 1 aromatic rings. The highest BCUT2D eigenvalue weighted by atomic mass is 32.2. The molecule has 0 atom stereocenters. The summed E-state index contributed by atoms with van der Waals surface area (Å²) in [5.41, 5.74) is 0. The Morgan fingerprint density at radius 2 is 2.22 bits per heavy atom. The molecule has 18 heavy (non-hydrogen) atoms. The van der Waals surface area contributed by atoms with Gasteiger partial charge in [0, 0.05) is 18.5 Å². The average molecular weight is 264 g/mol. The fraction of sp³-hybridized carbons (Fsp3) is 0.385. The number of hydrogen-bond acceptors (Lipinski definition) is 4. The van der Waals surface area contributed by atoms with Gasteiger partial charge in [0.15, 0.2) is 0 Å². The minimum absolute atomic E-state index is 0.0150. The summed E-state index contributed by atoms with van der Waals surface area (Å²) in [6.45, 7) is 0.474. The lowest BCUT2D eigenvalue weighted by Gasteiger charge is -2.15. The predicted molar refractivity (Wildman–Crippen MR) is 71.6 cm³/mol. The predicted octanol–water partition coefficient (Wildman–Crippen LogP) is 2.16. The van der Waals surface area contributed by atoms with Gasteiger partial charge in [0.05, 0.1) is 25.4 Å². The molecule has 96 valence electrons. The number of rotatable bonds is 6. The Bertz CT molecular complexity index is 443. The molecule has 1 amide bonds. The average Bonchev–Trinajstić information content (AvgIpc) is 2.42. The van der Waals surface area contributed by atoms with Crippen LogP contribution in [0.5, 0.6) is 5.75 Å². The number of carbonyl (C=O) groups excluding carboxylic acids is 1. The lowest BCUT2D eigenvalue weighted by atomic mass is 10.3. The van der Waals surface area contributed by atoms with Crippen LogP contribution in [0.25, 0.3) is 0 Å². The van der Waals surface area contributed by atoms with Crippen LogP contribution in [0.3, 0.4) is 0 Å². The standard InChI is InChI=1S/C13H16N2O2S/c1-15(9-5-8-14)13(16)10-18-12-7-4-3-6-11(12)17-2/h3-4,6-7H,5,9-10H2,1-2H3. The van der Waals surface area contributed by atoms with Crippen molar-refractivity contribution >= 4 is 17.7 Å². The summed E-state index contributed by atoms with van der Waals surface area (Å²) in [6, 6.07) is 9.62. The third-order valence-electron chi connectivity index (χ3n) is 2.40. The van der Waals surface area contributed by atoms with Crippen LogP contribution < -0.4 is 4.74 Å². The van der Waals surface area contributed by atoms with Crippen LogP contribution in [-0.4, -0.2) is 37.3 Å². The second-order valence-corrected chi connectivity index (χ2v) is 4.68. The lowest BCUT2D eigenvalue weighted by molar-refractivity contribution is -0.127. The molecule has 0 aliphatic carbocycles. The third kappa shape index (κ3) is 4.30. The number of nitriles is 1. The van der Waals surface area contributed by atoms with Crippen molar-refractivity contribution in [2.75, 3.05) is 26.5 Å². The first kappa shape index (κ1) is 14.4. The number of thioether (sulfide) groups is 1. The quantitative estimate of drug-likeness (QED) is 0.739. The van der Waals surface area contributed by atoms with E-state index < -0.39 is 0 Å². The van der Waals surface area contributed by atoms with Crippen molar-refractivity contribution in [1.82, 2.24) is 4.90 Å². The van der Waals surface area contributed by atoms with Gasteiger partial charge < -0.3 is 9.64 Å². The summed E-state index contributed by atoms with van der Waals surface area (Å²) in [6.07, 6.45) is 0.363. The molecule has 0 aliphatic rings. The maximum absolute atomic E-state index is 11.8.